The van der Waals surface area contributed by atoms with Gasteiger partial charge in [0.2, 0.25) is 0 Å². The zero-order valence-electron chi connectivity index (χ0n) is 25.2. The van der Waals surface area contributed by atoms with Crippen molar-refractivity contribution in [2.45, 2.75) is 51.6 Å². The average molecular weight is 558 g/mol. The number of benzene rings is 2. The Labute approximate surface area is 239 Å². The van der Waals surface area contributed by atoms with Gasteiger partial charge in [0.05, 0.1) is 52.3 Å². The molecule has 1 N–H and O–H groups in total. The Morgan fingerprint density at radius 3 is 2.32 bits per heavy atom. The molecular weight excluding hydrogens is 518 g/mol. The SMILES string of the molecule is COc1cc2c(cc1-c1cnn(C)c1)nc(C(C)(C)C)n2-c1cc(N2CCC(C)(O)CC2)c2c(c1)n(C)c(=O)n2C. The Hall–Kier alpha value is -4.05. The first-order valence-corrected chi connectivity index (χ1v) is 14.1. The number of imidazole rings is 2. The number of aromatic nitrogens is 6. The van der Waals surface area contributed by atoms with Crippen LogP contribution in [0, 0.1) is 0 Å². The van der Waals surface area contributed by atoms with Gasteiger partial charge >= 0.3 is 5.69 Å². The molecule has 0 saturated carbocycles. The van der Waals surface area contributed by atoms with Crippen molar-refractivity contribution in [3.8, 4) is 22.6 Å². The van der Waals surface area contributed by atoms with E-state index in [1.54, 1.807) is 20.9 Å². The molecule has 0 spiro atoms. The Kier molecular flexibility index (Phi) is 6.11. The Balaban J connectivity index is 1.64. The number of ether oxygens (including phenoxy) is 1. The van der Waals surface area contributed by atoms with Crippen LogP contribution in [0.3, 0.4) is 0 Å². The molecule has 5 aromatic rings. The maximum absolute atomic E-state index is 13.1. The number of fused-ring (bicyclic) bond motifs is 2. The molecule has 41 heavy (non-hydrogen) atoms. The van der Waals surface area contributed by atoms with Crippen LogP contribution in [0.1, 0.15) is 46.4 Å². The van der Waals surface area contributed by atoms with E-state index in [0.29, 0.717) is 25.9 Å². The average Bonchev–Trinajstić information content (AvgIpc) is 3.58. The van der Waals surface area contributed by atoms with Crippen molar-refractivity contribution < 1.29 is 9.84 Å². The summed E-state index contributed by atoms with van der Waals surface area (Å²) in [4.78, 5) is 20.6. The van der Waals surface area contributed by atoms with Crippen LogP contribution < -0.4 is 15.3 Å². The third kappa shape index (κ3) is 4.41. The van der Waals surface area contributed by atoms with Gasteiger partial charge in [-0.05, 0) is 38.0 Å². The van der Waals surface area contributed by atoms with Crippen molar-refractivity contribution in [1.29, 1.82) is 0 Å². The second-order valence-corrected chi connectivity index (χ2v) is 12.7. The number of rotatable bonds is 4. The third-order valence-corrected chi connectivity index (χ3v) is 8.43. The molecule has 10 nitrogen and oxygen atoms in total. The highest BCUT2D eigenvalue weighted by Crippen LogP contribution is 2.40. The van der Waals surface area contributed by atoms with Crippen LogP contribution >= 0.6 is 0 Å². The minimum atomic E-state index is -0.682. The fourth-order valence-corrected chi connectivity index (χ4v) is 6.04. The van der Waals surface area contributed by atoms with E-state index in [0.717, 1.165) is 56.1 Å². The number of aryl methyl sites for hydroxylation is 3. The van der Waals surface area contributed by atoms with Crippen molar-refractivity contribution in [1.82, 2.24) is 28.5 Å². The summed E-state index contributed by atoms with van der Waals surface area (Å²) in [6, 6.07) is 8.37. The standard InChI is InChI=1S/C31H39N7O3/c1-30(2,3)28-33-22-15-21(19-17-32-34(5)18-19)26(41-8)16-23(22)38(28)20-13-24-27(36(7)29(39)35(24)6)25(14-20)37-11-9-31(4,40)10-12-37/h13-18,40H,9-12H2,1-8H3. The van der Waals surface area contributed by atoms with E-state index in [2.05, 4.69) is 53.5 Å². The first-order valence-electron chi connectivity index (χ1n) is 14.1. The fraction of sp³-hybridized carbons (Fsp3) is 0.452. The third-order valence-electron chi connectivity index (χ3n) is 8.43. The lowest BCUT2D eigenvalue weighted by molar-refractivity contribution is 0.0352. The molecule has 0 aliphatic carbocycles. The predicted octanol–water partition coefficient (Wildman–Crippen LogP) is 4.27. The van der Waals surface area contributed by atoms with E-state index < -0.39 is 5.60 Å². The van der Waals surface area contributed by atoms with Gasteiger partial charge in [0.15, 0.2) is 0 Å². The molecule has 1 aliphatic rings. The van der Waals surface area contributed by atoms with E-state index in [9.17, 15) is 9.90 Å². The van der Waals surface area contributed by atoms with Gasteiger partial charge in [-0.25, -0.2) is 9.78 Å². The summed E-state index contributed by atoms with van der Waals surface area (Å²) in [5, 5.41) is 15.0. The Morgan fingerprint density at radius 2 is 1.71 bits per heavy atom. The van der Waals surface area contributed by atoms with Crippen molar-refractivity contribution in [3.05, 3.63) is 53.0 Å². The van der Waals surface area contributed by atoms with E-state index in [1.165, 1.54) is 0 Å². The van der Waals surface area contributed by atoms with E-state index in [-0.39, 0.29) is 11.1 Å². The number of nitrogens with zero attached hydrogens (tertiary/aromatic N) is 7. The number of hydrogen-bond acceptors (Lipinski definition) is 6. The van der Waals surface area contributed by atoms with Gasteiger partial charge < -0.3 is 14.7 Å². The van der Waals surface area contributed by atoms with Gasteiger partial charge in [0.1, 0.15) is 11.6 Å². The lowest BCUT2D eigenvalue weighted by atomic mass is 9.93. The molecule has 6 rings (SSSR count). The summed E-state index contributed by atoms with van der Waals surface area (Å²) < 4.78 is 13.3. The van der Waals surface area contributed by atoms with E-state index >= 15 is 0 Å². The number of aliphatic hydroxyl groups is 1. The second kappa shape index (κ2) is 9.24. The highest BCUT2D eigenvalue weighted by molar-refractivity contribution is 5.94. The number of piperidine rings is 1. The van der Waals surface area contributed by atoms with Crippen LogP contribution in [0.5, 0.6) is 5.75 Å². The highest BCUT2D eigenvalue weighted by Gasteiger charge is 2.31. The predicted molar refractivity (Wildman–Crippen MR) is 162 cm³/mol. The molecule has 1 fully saturated rings. The molecule has 216 valence electrons. The first-order chi connectivity index (χ1) is 19.3. The molecule has 1 saturated heterocycles. The van der Waals surface area contributed by atoms with Crippen LogP contribution in [-0.2, 0) is 26.6 Å². The minimum absolute atomic E-state index is 0.0725. The van der Waals surface area contributed by atoms with E-state index in [4.69, 9.17) is 9.72 Å². The smallest absolute Gasteiger partial charge is 0.328 e. The molecule has 0 atom stereocenters. The second-order valence-electron chi connectivity index (χ2n) is 12.7. The van der Waals surface area contributed by atoms with Gasteiger partial charge in [0.25, 0.3) is 0 Å². The molecule has 3 aromatic heterocycles. The quantitative estimate of drug-likeness (QED) is 0.355. The summed E-state index contributed by atoms with van der Waals surface area (Å²) in [6.07, 6.45) is 5.12. The monoisotopic (exact) mass is 557 g/mol. The van der Waals surface area contributed by atoms with Crippen molar-refractivity contribution >= 4 is 27.8 Å². The first kappa shape index (κ1) is 27.1. The highest BCUT2D eigenvalue weighted by atomic mass is 16.5. The van der Waals surface area contributed by atoms with Crippen molar-refractivity contribution in [2.75, 3.05) is 25.1 Å². The molecular formula is C31H39N7O3. The molecule has 10 heteroatoms. The Morgan fingerprint density at radius 1 is 1.00 bits per heavy atom. The van der Waals surface area contributed by atoms with Crippen molar-refractivity contribution in [2.24, 2.45) is 21.1 Å². The summed E-state index contributed by atoms with van der Waals surface area (Å²) in [7, 11) is 7.22. The summed E-state index contributed by atoms with van der Waals surface area (Å²) in [6.45, 7) is 9.79. The zero-order chi connectivity index (χ0) is 29.4. The molecule has 0 amide bonds. The maximum Gasteiger partial charge on any atom is 0.328 e. The number of methoxy groups -OCH3 is 1. The molecule has 0 radical (unpaired) electrons. The van der Waals surface area contributed by atoms with Gasteiger partial charge in [-0.2, -0.15) is 5.10 Å². The minimum Gasteiger partial charge on any atom is -0.496 e. The lowest BCUT2D eigenvalue weighted by Crippen LogP contribution is -2.42. The topological polar surface area (TPSA) is 95.3 Å². The van der Waals surface area contributed by atoms with Crippen LogP contribution in [0.25, 0.3) is 38.9 Å². The summed E-state index contributed by atoms with van der Waals surface area (Å²) in [5.41, 5.74) is 6.28. The van der Waals surface area contributed by atoms with Crippen LogP contribution in [0.2, 0.25) is 0 Å². The fourth-order valence-electron chi connectivity index (χ4n) is 6.04. The molecule has 4 heterocycles. The number of hydrogen-bond donors (Lipinski definition) is 1. The molecule has 0 unspecified atom stereocenters. The van der Waals surface area contributed by atoms with Gasteiger partial charge in [-0.3, -0.25) is 18.4 Å². The zero-order valence-corrected chi connectivity index (χ0v) is 25.2. The molecule has 1 aliphatic heterocycles. The van der Waals surface area contributed by atoms with Gasteiger partial charge in [0, 0.05) is 63.0 Å². The van der Waals surface area contributed by atoms with Crippen molar-refractivity contribution in [3.63, 3.8) is 0 Å². The van der Waals surface area contributed by atoms with Crippen LogP contribution in [0.15, 0.2) is 41.5 Å². The van der Waals surface area contributed by atoms with Crippen LogP contribution in [-0.4, -0.2) is 59.4 Å². The number of anilines is 1. The van der Waals surface area contributed by atoms with Crippen LogP contribution in [0.4, 0.5) is 5.69 Å². The normalized spacial score (nSPS) is 15.8. The van der Waals surface area contributed by atoms with Gasteiger partial charge in [-0.15, -0.1) is 0 Å². The lowest BCUT2D eigenvalue weighted by Gasteiger charge is -2.37. The van der Waals surface area contributed by atoms with Gasteiger partial charge in [-0.1, -0.05) is 20.8 Å². The summed E-state index contributed by atoms with van der Waals surface area (Å²) >= 11 is 0. The summed E-state index contributed by atoms with van der Waals surface area (Å²) in [5.74, 6) is 1.64. The van der Waals surface area contributed by atoms with E-state index in [1.807, 2.05) is 46.5 Å². The Bertz CT molecular complexity index is 1850. The maximum atomic E-state index is 13.1. The largest absolute Gasteiger partial charge is 0.496 e. The molecule has 0 bridgehead atoms. The molecule has 2 aromatic carbocycles.